The molecule has 2 N–H and O–H groups in total. The molecule has 8 nitrogen and oxygen atoms in total. The minimum Gasteiger partial charge on any atom is -0.497 e. The Kier molecular flexibility index (Phi) is 6.93. The van der Waals surface area contributed by atoms with Crippen molar-refractivity contribution in [2.45, 2.75) is 20.5 Å². The van der Waals surface area contributed by atoms with E-state index in [-0.39, 0.29) is 18.4 Å². The van der Waals surface area contributed by atoms with Crippen molar-refractivity contribution in [3.05, 3.63) is 77.1 Å². The van der Waals surface area contributed by atoms with Gasteiger partial charge in [-0.1, -0.05) is 12.1 Å². The van der Waals surface area contributed by atoms with E-state index in [2.05, 4.69) is 15.6 Å². The molecule has 2 amide bonds. The van der Waals surface area contributed by atoms with Crippen LogP contribution in [0.25, 0.3) is 11.3 Å². The molecule has 0 atom stereocenters. The lowest BCUT2D eigenvalue weighted by atomic mass is 10.1. The summed E-state index contributed by atoms with van der Waals surface area (Å²) >= 11 is 1.33. The van der Waals surface area contributed by atoms with Crippen molar-refractivity contribution in [1.29, 1.82) is 0 Å². The van der Waals surface area contributed by atoms with Gasteiger partial charge >= 0.3 is 0 Å². The van der Waals surface area contributed by atoms with Crippen LogP contribution in [-0.4, -0.2) is 23.9 Å². The van der Waals surface area contributed by atoms with Gasteiger partial charge in [0.15, 0.2) is 5.13 Å². The Labute approximate surface area is 200 Å². The third-order valence-corrected chi connectivity index (χ3v) is 5.64. The monoisotopic (exact) mass is 477 g/mol. The molecule has 174 valence electrons. The number of carbonyl (C=O) groups is 2. The summed E-state index contributed by atoms with van der Waals surface area (Å²) in [4.78, 5) is 28.4. The second-order valence-electron chi connectivity index (χ2n) is 7.40. The molecule has 2 aromatic carbocycles. The van der Waals surface area contributed by atoms with Crippen LogP contribution in [0.2, 0.25) is 0 Å². The Balaban J connectivity index is 1.38. The topological polar surface area (TPSA) is 103 Å². The van der Waals surface area contributed by atoms with Gasteiger partial charge in [0.05, 0.1) is 18.4 Å². The first-order valence-corrected chi connectivity index (χ1v) is 11.3. The molecule has 0 bridgehead atoms. The summed E-state index contributed by atoms with van der Waals surface area (Å²) in [6, 6.07) is 16.2. The lowest BCUT2D eigenvalue weighted by molar-refractivity contribution is -0.114. The smallest absolute Gasteiger partial charge is 0.260 e. The molecule has 0 aliphatic rings. The summed E-state index contributed by atoms with van der Waals surface area (Å²) in [5.74, 6) is 2.01. The Bertz CT molecular complexity index is 1290. The van der Waals surface area contributed by atoms with Crippen molar-refractivity contribution in [1.82, 2.24) is 4.98 Å². The molecule has 0 fully saturated rings. The van der Waals surface area contributed by atoms with Crippen molar-refractivity contribution >= 4 is 34.0 Å². The molecule has 34 heavy (non-hydrogen) atoms. The SMILES string of the molecule is COc1ccc(OCc2cc(C(=O)Nc3nc(-c4ccc(NC(C)=O)cc4)cs3)c(C)o2)cc1. The molecule has 2 aromatic heterocycles. The van der Waals surface area contributed by atoms with E-state index in [0.717, 1.165) is 17.0 Å². The minimum atomic E-state index is -0.307. The van der Waals surface area contributed by atoms with Crippen LogP contribution in [0.4, 0.5) is 10.8 Å². The van der Waals surface area contributed by atoms with E-state index in [0.29, 0.717) is 33.7 Å². The Hall–Kier alpha value is -4.11. The number of furan rings is 1. The highest BCUT2D eigenvalue weighted by Crippen LogP contribution is 2.27. The third kappa shape index (κ3) is 5.62. The summed E-state index contributed by atoms with van der Waals surface area (Å²) in [6.07, 6.45) is 0. The lowest BCUT2D eigenvalue weighted by Crippen LogP contribution is -2.11. The summed E-state index contributed by atoms with van der Waals surface area (Å²) in [6.45, 7) is 3.38. The van der Waals surface area contributed by atoms with E-state index in [9.17, 15) is 9.59 Å². The van der Waals surface area contributed by atoms with Crippen LogP contribution >= 0.6 is 11.3 Å². The van der Waals surface area contributed by atoms with Gasteiger partial charge in [0.25, 0.3) is 5.91 Å². The summed E-state index contributed by atoms with van der Waals surface area (Å²) < 4.78 is 16.6. The number of benzene rings is 2. The Morgan fingerprint density at radius 2 is 1.74 bits per heavy atom. The van der Waals surface area contributed by atoms with Gasteiger partial charge in [0.1, 0.15) is 29.6 Å². The van der Waals surface area contributed by atoms with Gasteiger partial charge in [0.2, 0.25) is 5.91 Å². The molecule has 9 heteroatoms. The van der Waals surface area contributed by atoms with E-state index in [1.807, 2.05) is 17.5 Å². The molecule has 0 aliphatic heterocycles. The van der Waals surface area contributed by atoms with E-state index in [1.165, 1.54) is 18.3 Å². The predicted molar refractivity (Wildman–Crippen MR) is 131 cm³/mol. The highest BCUT2D eigenvalue weighted by atomic mass is 32.1. The normalized spacial score (nSPS) is 10.6. The van der Waals surface area contributed by atoms with Gasteiger partial charge in [0, 0.05) is 23.6 Å². The summed E-state index contributed by atoms with van der Waals surface area (Å²) in [5.41, 5.74) is 2.74. The minimum absolute atomic E-state index is 0.128. The number of thiazole rings is 1. The largest absolute Gasteiger partial charge is 0.497 e. The zero-order valence-electron chi connectivity index (χ0n) is 18.9. The number of anilines is 2. The van der Waals surface area contributed by atoms with Crippen molar-refractivity contribution in [3.63, 3.8) is 0 Å². The number of hydrogen-bond donors (Lipinski definition) is 2. The number of aryl methyl sites for hydroxylation is 1. The van der Waals surface area contributed by atoms with Crippen molar-refractivity contribution in [2.75, 3.05) is 17.7 Å². The number of aromatic nitrogens is 1. The Morgan fingerprint density at radius 1 is 1.03 bits per heavy atom. The predicted octanol–water partition coefficient (Wildman–Crippen LogP) is 5.51. The summed E-state index contributed by atoms with van der Waals surface area (Å²) in [7, 11) is 1.60. The molecule has 0 saturated carbocycles. The number of methoxy groups -OCH3 is 1. The van der Waals surface area contributed by atoms with Crippen LogP contribution in [-0.2, 0) is 11.4 Å². The average Bonchev–Trinajstić information content (AvgIpc) is 3.44. The van der Waals surface area contributed by atoms with E-state index < -0.39 is 0 Å². The fourth-order valence-corrected chi connectivity index (χ4v) is 3.94. The molecule has 0 spiro atoms. The zero-order chi connectivity index (χ0) is 24.1. The summed E-state index contributed by atoms with van der Waals surface area (Å²) in [5, 5.41) is 7.88. The molecule has 4 aromatic rings. The van der Waals surface area contributed by atoms with E-state index >= 15 is 0 Å². The van der Waals surface area contributed by atoms with Gasteiger partial charge in [-0.2, -0.15) is 0 Å². The maximum atomic E-state index is 12.8. The van der Waals surface area contributed by atoms with E-state index in [4.69, 9.17) is 13.9 Å². The number of nitrogens with zero attached hydrogens (tertiary/aromatic N) is 1. The Morgan fingerprint density at radius 3 is 2.41 bits per heavy atom. The van der Waals surface area contributed by atoms with Gasteiger partial charge in [-0.15, -0.1) is 11.3 Å². The van der Waals surface area contributed by atoms with Gasteiger partial charge < -0.3 is 19.2 Å². The number of amides is 2. The number of nitrogens with one attached hydrogen (secondary N) is 2. The molecule has 0 saturated heterocycles. The number of ether oxygens (including phenoxy) is 2. The molecular weight excluding hydrogens is 454 g/mol. The lowest BCUT2D eigenvalue weighted by Gasteiger charge is -2.05. The van der Waals surface area contributed by atoms with Crippen LogP contribution in [0.3, 0.4) is 0 Å². The zero-order valence-corrected chi connectivity index (χ0v) is 19.7. The molecule has 0 unspecified atom stereocenters. The van der Waals surface area contributed by atoms with E-state index in [1.54, 1.807) is 56.5 Å². The quantitative estimate of drug-likeness (QED) is 0.347. The second-order valence-corrected chi connectivity index (χ2v) is 8.26. The first-order valence-electron chi connectivity index (χ1n) is 10.4. The van der Waals surface area contributed by atoms with Gasteiger partial charge in [-0.05, 0) is 49.4 Å². The van der Waals surface area contributed by atoms with Crippen LogP contribution < -0.4 is 20.1 Å². The first kappa shape index (κ1) is 23.1. The fourth-order valence-electron chi connectivity index (χ4n) is 3.22. The van der Waals surface area contributed by atoms with Gasteiger partial charge in [-0.3, -0.25) is 14.9 Å². The second kappa shape index (κ2) is 10.2. The van der Waals surface area contributed by atoms with Gasteiger partial charge in [-0.25, -0.2) is 4.98 Å². The van der Waals surface area contributed by atoms with Crippen LogP contribution in [0.5, 0.6) is 11.5 Å². The number of rotatable bonds is 8. The van der Waals surface area contributed by atoms with Crippen LogP contribution in [0, 0.1) is 6.92 Å². The van der Waals surface area contributed by atoms with Crippen molar-refractivity contribution < 1.29 is 23.5 Å². The molecule has 2 heterocycles. The molecule has 0 radical (unpaired) electrons. The standard InChI is InChI=1S/C25H23N3O5S/c1-15-22(12-21(33-15)13-32-20-10-8-19(31-3)9-11-20)24(30)28-25-27-23(14-34-25)17-4-6-18(7-5-17)26-16(2)29/h4-12,14H,13H2,1-3H3,(H,26,29)(H,27,28,30). The third-order valence-electron chi connectivity index (χ3n) is 4.88. The van der Waals surface area contributed by atoms with Crippen LogP contribution in [0.15, 0.2) is 64.4 Å². The number of hydrogen-bond acceptors (Lipinski definition) is 7. The van der Waals surface area contributed by atoms with Crippen LogP contribution in [0.1, 0.15) is 28.8 Å². The molecule has 4 rings (SSSR count). The molecular formula is C25H23N3O5S. The first-order chi connectivity index (χ1) is 16.4. The maximum absolute atomic E-state index is 12.8. The van der Waals surface area contributed by atoms with Crippen molar-refractivity contribution in [3.8, 4) is 22.8 Å². The fraction of sp³-hybridized carbons (Fsp3) is 0.160. The average molecular weight is 478 g/mol. The van der Waals surface area contributed by atoms with Crippen molar-refractivity contribution in [2.24, 2.45) is 0 Å². The number of carbonyl (C=O) groups excluding carboxylic acids is 2. The molecule has 0 aliphatic carbocycles. The maximum Gasteiger partial charge on any atom is 0.260 e. The highest BCUT2D eigenvalue weighted by Gasteiger charge is 2.17. The highest BCUT2D eigenvalue weighted by molar-refractivity contribution is 7.14.